The van der Waals surface area contributed by atoms with Gasteiger partial charge in [-0.3, -0.25) is 4.90 Å². The summed E-state index contributed by atoms with van der Waals surface area (Å²) >= 11 is 0. The van der Waals surface area contributed by atoms with Crippen LogP contribution in [0.3, 0.4) is 0 Å². The van der Waals surface area contributed by atoms with Crippen LogP contribution in [0.5, 0.6) is 5.75 Å². The van der Waals surface area contributed by atoms with Gasteiger partial charge in [-0.1, -0.05) is 29.9 Å². The number of nitrogens with zero attached hydrogens (tertiary/aromatic N) is 1. The Balaban J connectivity index is 1.98. The van der Waals surface area contributed by atoms with Crippen molar-refractivity contribution in [2.75, 3.05) is 19.7 Å². The van der Waals surface area contributed by atoms with Crippen LogP contribution in [0.2, 0.25) is 0 Å². The normalized spacial score (nSPS) is 23.1. The van der Waals surface area contributed by atoms with Gasteiger partial charge >= 0.3 is 10.5 Å². The molecule has 1 heterocycles. The predicted octanol–water partition coefficient (Wildman–Crippen LogP) is 2.12. The Labute approximate surface area is 131 Å². The molecule has 0 aromatic heterocycles. The van der Waals surface area contributed by atoms with Crippen LogP contribution in [0, 0.1) is 11.3 Å². The quantitative estimate of drug-likeness (QED) is 0.809. The Morgan fingerprint density at radius 3 is 2.45 bits per heavy atom. The summed E-state index contributed by atoms with van der Waals surface area (Å²) in [6.45, 7) is 6.89. The molecule has 0 aliphatic carbocycles. The highest BCUT2D eigenvalue weighted by atomic mass is 32.3. The van der Waals surface area contributed by atoms with Gasteiger partial charge in [0.05, 0.1) is 6.61 Å². The van der Waals surface area contributed by atoms with Crippen molar-refractivity contribution in [3.05, 3.63) is 29.8 Å². The molecule has 1 aromatic carbocycles. The van der Waals surface area contributed by atoms with E-state index >= 15 is 0 Å². The van der Waals surface area contributed by atoms with Crippen LogP contribution in [0.15, 0.2) is 24.3 Å². The molecule has 0 bridgehead atoms. The topological polar surface area (TPSA) is 66.8 Å². The van der Waals surface area contributed by atoms with Gasteiger partial charge in [-0.15, -0.1) is 0 Å². The first-order valence-electron chi connectivity index (χ1n) is 7.30. The minimum Gasteiger partial charge on any atom is -0.396 e. The Hall–Kier alpha value is -1.18. The number of hydrogen-bond donors (Lipinski definition) is 1. The van der Waals surface area contributed by atoms with Crippen molar-refractivity contribution in [3.63, 3.8) is 0 Å². The summed E-state index contributed by atoms with van der Waals surface area (Å²) in [6.07, 6.45) is 0.961. The average molecular weight is 331 g/mol. The summed E-state index contributed by atoms with van der Waals surface area (Å²) in [4.78, 5) is 2.26. The number of rotatable bonds is 6. The summed E-state index contributed by atoms with van der Waals surface area (Å²) in [5, 5.41) is 9.68. The van der Waals surface area contributed by atoms with Crippen molar-refractivity contribution < 1.29 is 21.6 Å². The van der Waals surface area contributed by atoms with E-state index in [0.717, 1.165) is 25.1 Å². The van der Waals surface area contributed by atoms with E-state index in [0.29, 0.717) is 12.5 Å². The summed E-state index contributed by atoms with van der Waals surface area (Å²) < 4.78 is 37.4. The Morgan fingerprint density at radius 1 is 1.36 bits per heavy atom. The Morgan fingerprint density at radius 2 is 2.00 bits per heavy atom. The van der Waals surface area contributed by atoms with Crippen LogP contribution in [-0.4, -0.2) is 38.1 Å². The number of aliphatic hydroxyl groups is 1. The molecule has 0 saturated carbocycles. The van der Waals surface area contributed by atoms with Crippen LogP contribution in [0.1, 0.15) is 25.8 Å². The van der Waals surface area contributed by atoms with Crippen LogP contribution in [0.25, 0.3) is 0 Å². The van der Waals surface area contributed by atoms with Crippen molar-refractivity contribution in [2.45, 2.75) is 26.8 Å². The highest BCUT2D eigenvalue weighted by Crippen LogP contribution is 2.37. The minimum atomic E-state index is -4.98. The highest BCUT2D eigenvalue weighted by molar-refractivity contribution is 7.81. The second kappa shape index (κ2) is 6.52. The third kappa shape index (κ3) is 4.18. The fraction of sp³-hybridized carbons (Fsp3) is 0.600. The molecule has 22 heavy (non-hydrogen) atoms. The van der Waals surface area contributed by atoms with E-state index in [1.54, 1.807) is 12.1 Å². The highest BCUT2D eigenvalue weighted by Gasteiger charge is 2.39. The van der Waals surface area contributed by atoms with Gasteiger partial charge < -0.3 is 9.29 Å². The predicted molar refractivity (Wildman–Crippen MR) is 81.3 cm³/mol. The minimum absolute atomic E-state index is 0.0421. The lowest BCUT2D eigenvalue weighted by Crippen LogP contribution is -2.34. The molecule has 0 spiro atoms. The van der Waals surface area contributed by atoms with E-state index < -0.39 is 10.5 Å². The number of aliphatic hydroxyl groups excluding tert-OH is 1. The first-order valence-corrected chi connectivity index (χ1v) is 8.61. The summed E-state index contributed by atoms with van der Waals surface area (Å²) in [6, 6.07) is 6.30. The molecule has 0 radical (unpaired) electrons. The molecule has 1 atom stereocenters. The molecule has 124 valence electrons. The summed E-state index contributed by atoms with van der Waals surface area (Å²) in [7, 11) is -4.98. The molecule has 1 unspecified atom stereocenters. The molecular weight excluding hydrogens is 309 g/mol. The van der Waals surface area contributed by atoms with E-state index in [9.17, 15) is 17.4 Å². The fourth-order valence-electron chi connectivity index (χ4n) is 2.93. The van der Waals surface area contributed by atoms with E-state index in [1.807, 2.05) is 0 Å². The largest absolute Gasteiger partial charge is 0.488 e. The third-order valence-electron chi connectivity index (χ3n) is 4.53. The number of hydrogen-bond acceptors (Lipinski definition) is 5. The molecule has 1 aliphatic rings. The monoisotopic (exact) mass is 331 g/mol. The Bertz CT molecular complexity index is 602. The zero-order chi connectivity index (χ0) is 16.4. The number of benzene rings is 1. The smallest absolute Gasteiger partial charge is 0.396 e. The first kappa shape index (κ1) is 17.2. The maximum absolute atomic E-state index is 12.4. The van der Waals surface area contributed by atoms with Crippen LogP contribution in [-0.2, 0) is 17.0 Å². The van der Waals surface area contributed by atoms with Gasteiger partial charge in [-0.2, -0.15) is 8.42 Å². The fourth-order valence-corrected chi connectivity index (χ4v) is 3.27. The molecule has 1 N–H and O–H groups in total. The molecule has 1 aromatic rings. The second-order valence-electron chi connectivity index (χ2n) is 6.26. The van der Waals surface area contributed by atoms with Gasteiger partial charge in [0.25, 0.3) is 0 Å². The third-order valence-corrected chi connectivity index (χ3v) is 4.92. The molecule has 0 amide bonds. The zero-order valence-electron chi connectivity index (χ0n) is 12.8. The molecule has 7 heteroatoms. The maximum Gasteiger partial charge on any atom is 0.488 e. The first-order chi connectivity index (χ1) is 10.2. The lowest BCUT2D eigenvalue weighted by atomic mass is 9.77. The van der Waals surface area contributed by atoms with Crippen molar-refractivity contribution in [2.24, 2.45) is 11.3 Å². The molecular formula is C15H22FNO4S. The van der Waals surface area contributed by atoms with Gasteiger partial charge in [-0.05, 0) is 36.6 Å². The van der Waals surface area contributed by atoms with Gasteiger partial charge in [0.15, 0.2) is 0 Å². The average Bonchev–Trinajstić information content (AvgIpc) is 2.84. The standard InChI is InChI=1S/C15H22FNO4S/c1-12(2)15(11-18)7-8-17(10-15)9-13-3-5-14(6-4-13)21-22(16,19)20/h3-6,12,18H,7-11H2,1-2H3. The second-order valence-corrected chi connectivity index (χ2v) is 7.21. The van der Waals surface area contributed by atoms with Crippen LogP contribution in [0.4, 0.5) is 3.89 Å². The molecule has 1 fully saturated rings. The van der Waals surface area contributed by atoms with E-state index in [4.69, 9.17) is 0 Å². The molecule has 2 rings (SSSR count). The van der Waals surface area contributed by atoms with Crippen molar-refractivity contribution in [1.82, 2.24) is 4.90 Å². The Kier molecular flexibility index (Phi) is 5.09. The zero-order valence-corrected chi connectivity index (χ0v) is 13.6. The van der Waals surface area contributed by atoms with E-state index in [-0.39, 0.29) is 17.8 Å². The van der Waals surface area contributed by atoms with Gasteiger partial charge in [0, 0.05) is 18.5 Å². The van der Waals surface area contributed by atoms with Gasteiger partial charge in [0.1, 0.15) is 5.75 Å². The van der Waals surface area contributed by atoms with E-state index in [2.05, 4.69) is 22.9 Å². The van der Waals surface area contributed by atoms with Crippen LogP contribution < -0.4 is 4.18 Å². The van der Waals surface area contributed by atoms with Crippen molar-refractivity contribution in [3.8, 4) is 5.75 Å². The SMILES string of the molecule is CC(C)C1(CO)CCN(Cc2ccc(OS(=O)(=O)F)cc2)C1. The van der Waals surface area contributed by atoms with Gasteiger partial charge in [-0.25, -0.2) is 0 Å². The van der Waals surface area contributed by atoms with Crippen molar-refractivity contribution >= 4 is 10.5 Å². The van der Waals surface area contributed by atoms with Crippen LogP contribution >= 0.6 is 0 Å². The lowest BCUT2D eigenvalue weighted by Gasteiger charge is -2.31. The van der Waals surface area contributed by atoms with Gasteiger partial charge in [0.2, 0.25) is 0 Å². The molecule has 1 aliphatic heterocycles. The van der Waals surface area contributed by atoms with Crippen molar-refractivity contribution in [1.29, 1.82) is 0 Å². The maximum atomic E-state index is 12.4. The number of halogens is 1. The summed E-state index contributed by atoms with van der Waals surface area (Å²) in [5.74, 6) is 0.368. The number of likely N-dealkylation sites (tertiary alicyclic amines) is 1. The molecule has 5 nitrogen and oxygen atoms in total. The molecule has 1 saturated heterocycles. The lowest BCUT2D eigenvalue weighted by molar-refractivity contribution is 0.0820. The van der Waals surface area contributed by atoms with E-state index in [1.165, 1.54) is 12.1 Å². The summed E-state index contributed by atoms with van der Waals surface area (Å²) in [5.41, 5.74) is 0.937.